The maximum atomic E-state index is 13.3. The van der Waals surface area contributed by atoms with Gasteiger partial charge < -0.3 is 14.0 Å². The van der Waals surface area contributed by atoms with Gasteiger partial charge in [-0.1, -0.05) is 24.3 Å². The molecule has 3 atom stereocenters. The molecule has 2 N–H and O–H groups in total. The zero-order chi connectivity index (χ0) is 23.8. The number of aromatic nitrogens is 2. The lowest BCUT2D eigenvalue weighted by atomic mass is 10.3. The van der Waals surface area contributed by atoms with E-state index < -0.39 is 37.3 Å². The molecular formula is C21H26N3O8P. The van der Waals surface area contributed by atoms with Crippen LogP contribution in [0.25, 0.3) is 0 Å². The highest BCUT2D eigenvalue weighted by molar-refractivity contribution is 7.52. The van der Waals surface area contributed by atoms with Gasteiger partial charge in [0.25, 0.3) is 5.56 Å². The molecule has 1 unspecified atom stereocenters. The summed E-state index contributed by atoms with van der Waals surface area (Å²) < 4.78 is 36.3. The number of carbonyl (C=O) groups excluding carboxylic acids is 1. The van der Waals surface area contributed by atoms with Crippen molar-refractivity contribution in [1.29, 1.82) is 0 Å². The number of carbonyl (C=O) groups is 1. The topological polar surface area (TPSA) is 138 Å². The normalized spacial score (nSPS) is 19.2. The zero-order valence-electron chi connectivity index (χ0n) is 18.3. The van der Waals surface area contributed by atoms with Crippen molar-refractivity contribution in [3.63, 3.8) is 0 Å². The number of nitrogens with zero attached hydrogens (tertiary/aromatic N) is 1. The van der Waals surface area contributed by atoms with E-state index in [2.05, 4.69) is 10.1 Å². The van der Waals surface area contributed by atoms with E-state index in [1.165, 1.54) is 10.8 Å². The minimum absolute atomic E-state index is 0.0129. The van der Waals surface area contributed by atoms with Crippen LogP contribution in [0.15, 0.2) is 58.3 Å². The SMILES string of the molecule is CCOC(=O)CCNP(=O)(OC[C@@H]1C=C[C@H](n2cc(C)c(=O)[nH]c2=O)O1)Oc1ccccc1. The molecule has 0 aliphatic carbocycles. The first-order valence-electron chi connectivity index (χ1n) is 10.4. The molecule has 0 amide bonds. The Morgan fingerprint density at radius 2 is 2.00 bits per heavy atom. The number of aryl methyl sites for hydroxylation is 1. The molecule has 0 bridgehead atoms. The van der Waals surface area contributed by atoms with E-state index >= 15 is 0 Å². The second-order valence-electron chi connectivity index (χ2n) is 7.09. The lowest BCUT2D eigenvalue weighted by Crippen LogP contribution is -2.33. The third-order valence-electron chi connectivity index (χ3n) is 4.54. The molecule has 33 heavy (non-hydrogen) atoms. The minimum atomic E-state index is -3.87. The monoisotopic (exact) mass is 479 g/mol. The van der Waals surface area contributed by atoms with Gasteiger partial charge in [-0.3, -0.25) is 23.7 Å². The van der Waals surface area contributed by atoms with Gasteiger partial charge >= 0.3 is 19.4 Å². The summed E-state index contributed by atoms with van der Waals surface area (Å²) >= 11 is 0. The summed E-state index contributed by atoms with van der Waals surface area (Å²) in [6, 6.07) is 8.46. The van der Waals surface area contributed by atoms with Gasteiger partial charge in [-0.05, 0) is 32.1 Å². The van der Waals surface area contributed by atoms with E-state index in [1.54, 1.807) is 56.3 Å². The van der Waals surface area contributed by atoms with Gasteiger partial charge in [-0.15, -0.1) is 0 Å². The Hall–Kier alpha value is -2.98. The van der Waals surface area contributed by atoms with E-state index in [9.17, 15) is 18.9 Å². The molecule has 0 saturated carbocycles. The molecule has 1 aliphatic rings. The predicted octanol–water partition coefficient (Wildman–Crippen LogP) is 2.05. The molecule has 2 heterocycles. The highest BCUT2D eigenvalue weighted by atomic mass is 31.2. The van der Waals surface area contributed by atoms with Crippen molar-refractivity contribution in [2.24, 2.45) is 0 Å². The number of hydrogen-bond donors (Lipinski definition) is 2. The third kappa shape index (κ3) is 7.00. The van der Waals surface area contributed by atoms with Crippen LogP contribution in [-0.4, -0.2) is 41.4 Å². The predicted molar refractivity (Wildman–Crippen MR) is 119 cm³/mol. The van der Waals surface area contributed by atoms with Gasteiger partial charge in [-0.2, -0.15) is 0 Å². The molecule has 12 heteroatoms. The summed E-state index contributed by atoms with van der Waals surface area (Å²) in [6.07, 6.45) is 3.28. The summed E-state index contributed by atoms with van der Waals surface area (Å²) in [7, 11) is -3.87. The van der Waals surface area contributed by atoms with Crippen molar-refractivity contribution in [3.8, 4) is 5.75 Å². The lowest BCUT2D eigenvalue weighted by molar-refractivity contribution is -0.142. The summed E-state index contributed by atoms with van der Waals surface area (Å²) in [5.41, 5.74) is -0.718. The number of benzene rings is 1. The van der Waals surface area contributed by atoms with E-state index in [1.807, 2.05) is 0 Å². The van der Waals surface area contributed by atoms with E-state index in [4.69, 9.17) is 18.5 Å². The van der Waals surface area contributed by atoms with E-state index in [0.717, 1.165) is 0 Å². The second-order valence-corrected chi connectivity index (χ2v) is 8.84. The molecule has 2 aromatic rings. The van der Waals surface area contributed by atoms with Crippen LogP contribution in [0.1, 0.15) is 25.1 Å². The first kappa shape index (κ1) is 24.7. The second kappa shape index (κ2) is 11.2. The third-order valence-corrected chi connectivity index (χ3v) is 6.09. The highest BCUT2D eigenvalue weighted by Crippen LogP contribution is 2.44. The number of para-hydroxylation sites is 1. The van der Waals surface area contributed by atoms with Crippen LogP contribution in [0.4, 0.5) is 0 Å². The average molecular weight is 479 g/mol. The Balaban J connectivity index is 1.63. The van der Waals surface area contributed by atoms with Crippen molar-refractivity contribution >= 4 is 13.7 Å². The van der Waals surface area contributed by atoms with Crippen LogP contribution in [0.5, 0.6) is 5.75 Å². The van der Waals surface area contributed by atoms with Crippen molar-refractivity contribution < 1.29 is 27.9 Å². The van der Waals surface area contributed by atoms with Crippen LogP contribution in [0.3, 0.4) is 0 Å². The van der Waals surface area contributed by atoms with Crippen molar-refractivity contribution in [2.45, 2.75) is 32.6 Å². The average Bonchev–Trinajstić information content (AvgIpc) is 3.25. The Kier molecular flexibility index (Phi) is 8.40. The highest BCUT2D eigenvalue weighted by Gasteiger charge is 2.30. The molecule has 1 aromatic heterocycles. The van der Waals surface area contributed by atoms with Crippen molar-refractivity contribution in [3.05, 3.63) is 75.1 Å². The van der Waals surface area contributed by atoms with E-state index in [-0.39, 0.29) is 26.2 Å². The number of nitrogens with one attached hydrogen (secondary N) is 2. The van der Waals surface area contributed by atoms with Gasteiger partial charge in [0.15, 0.2) is 6.23 Å². The molecular weight excluding hydrogens is 453 g/mol. The van der Waals surface area contributed by atoms with Crippen LogP contribution in [0.2, 0.25) is 0 Å². The number of rotatable bonds is 11. The molecule has 178 valence electrons. The maximum absolute atomic E-state index is 13.3. The molecule has 1 aliphatic heterocycles. The summed E-state index contributed by atoms with van der Waals surface area (Å²) in [5.74, 6) is -0.122. The fraction of sp³-hybridized carbons (Fsp3) is 0.381. The minimum Gasteiger partial charge on any atom is -0.466 e. The zero-order valence-corrected chi connectivity index (χ0v) is 19.2. The molecule has 3 rings (SSSR count). The van der Waals surface area contributed by atoms with Crippen LogP contribution >= 0.6 is 7.75 Å². The summed E-state index contributed by atoms with van der Waals surface area (Å²) in [5, 5.41) is 2.66. The Labute approximate surface area is 189 Å². The molecule has 11 nitrogen and oxygen atoms in total. The van der Waals surface area contributed by atoms with E-state index in [0.29, 0.717) is 11.3 Å². The number of H-pyrrole nitrogens is 1. The fourth-order valence-corrected chi connectivity index (χ4v) is 4.28. The van der Waals surface area contributed by atoms with Crippen molar-refractivity contribution in [2.75, 3.05) is 19.8 Å². The van der Waals surface area contributed by atoms with Crippen LogP contribution < -0.4 is 20.9 Å². The number of ether oxygens (including phenoxy) is 2. The molecule has 0 radical (unpaired) electrons. The quantitative estimate of drug-likeness (QED) is 0.282. The molecule has 0 saturated heterocycles. The number of hydrogen-bond acceptors (Lipinski definition) is 8. The molecule has 0 spiro atoms. The maximum Gasteiger partial charge on any atom is 0.458 e. The first-order valence-corrected chi connectivity index (χ1v) is 11.9. The van der Waals surface area contributed by atoms with Gasteiger partial charge in [-0.25, -0.2) is 14.4 Å². The largest absolute Gasteiger partial charge is 0.466 e. The Morgan fingerprint density at radius 1 is 1.24 bits per heavy atom. The van der Waals surface area contributed by atoms with Crippen LogP contribution in [-0.2, 0) is 23.4 Å². The van der Waals surface area contributed by atoms with Crippen molar-refractivity contribution in [1.82, 2.24) is 14.6 Å². The Bertz CT molecular complexity index is 1140. The van der Waals surface area contributed by atoms with Gasteiger partial charge in [0.2, 0.25) is 0 Å². The number of aromatic amines is 1. The van der Waals surface area contributed by atoms with Gasteiger partial charge in [0.05, 0.1) is 19.6 Å². The fourth-order valence-electron chi connectivity index (χ4n) is 2.94. The van der Waals surface area contributed by atoms with Gasteiger partial charge in [0, 0.05) is 18.3 Å². The molecule has 1 aromatic carbocycles. The van der Waals surface area contributed by atoms with Gasteiger partial charge in [0.1, 0.15) is 11.9 Å². The smallest absolute Gasteiger partial charge is 0.458 e. The molecule has 0 fully saturated rings. The Morgan fingerprint density at radius 3 is 2.73 bits per heavy atom. The summed E-state index contributed by atoms with van der Waals surface area (Å²) in [6.45, 7) is 3.38. The van der Waals surface area contributed by atoms with Crippen LogP contribution in [0, 0.1) is 6.92 Å². The lowest BCUT2D eigenvalue weighted by Gasteiger charge is -2.22. The first-order chi connectivity index (χ1) is 15.8. The standard InChI is InChI=1S/C21H26N3O8P/c1-3-29-19(25)11-12-22-33(28,32-16-7-5-4-6-8-16)30-14-17-9-10-18(31-17)24-13-15(2)20(26)23-21(24)27/h4-10,13,17-18H,3,11-12,14H2,1-2H3,(H,22,28)(H,23,26,27)/t17-,18+,33?/m0/s1. The summed E-state index contributed by atoms with van der Waals surface area (Å²) in [4.78, 5) is 37.4. The number of esters is 1.